The Balaban J connectivity index is 0.00000121. The highest BCUT2D eigenvalue weighted by Gasteiger charge is 2.27. The van der Waals surface area contributed by atoms with Crippen LogP contribution < -0.4 is 5.32 Å². The second-order valence-electron chi connectivity index (χ2n) is 2.48. The third kappa shape index (κ3) is 2.12. The van der Waals surface area contributed by atoms with Crippen molar-refractivity contribution < 1.29 is 8.85 Å². The van der Waals surface area contributed by atoms with Crippen LogP contribution in [0.4, 0.5) is 0 Å². The predicted molar refractivity (Wildman–Crippen MR) is 40.1 cm³/mol. The Morgan fingerprint density at radius 2 is 2.56 bits per heavy atom. The summed E-state index contributed by atoms with van der Waals surface area (Å²) in [5, 5.41) is 3.06. The van der Waals surface area contributed by atoms with E-state index >= 15 is 0 Å². The number of rotatable bonds is 1. The maximum atomic E-state index is 6.91. The van der Waals surface area contributed by atoms with Crippen LogP contribution >= 0.6 is 12.4 Å². The van der Waals surface area contributed by atoms with E-state index in [1.807, 2.05) is 6.92 Å². The summed E-state index contributed by atoms with van der Waals surface area (Å²) in [6.45, 7) is 3.29. The molecule has 9 heavy (non-hydrogen) atoms. The van der Waals surface area contributed by atoms with E-state index in [9.17, 15) is 0 Å². The van der Waals surface area contributed by atoms with Crippen molar-refractivity contribution in [1.29, 1.82) is 0 Å². The lowest BCUT2D eigenvalue weighted by atomic mass is 10.1. The van der Waals surface area contributed by atoms with Gasteiger partial charge in [0, 0.05) is 13.6 Å². The third-order valence-electron chi connectivity index (χ3n) is 1.58. The van der Waals surface area contributed by atoms with Crippen LogP contribution in [0.25, 0.3) is 0 Å². The van der Waals surface area contributed by atoms with E-state index in [4.69, 9.17) is 8.85 Å². The maximum Gasteiger partial charge on any atom is 0.0786 e. The van der Waals surface area contributed by atoms with Gasteiger partial charge in [0.25, 0.3) is 0 Å². The minimum absolute atomic E-state index is 0. The molecule has 1 atom stereocenters. The molecule has 56 valence electrons. The van der Waals surface area contributed by atoms with Gasteiger partial charge in [-0.1, -0.05) is 0 Å². The zero-order chi connectivity index (χ0) is 8.54. The molecule has 2 nitrogen and oxygen atoms in total. The summed E-state index contributed by atoms with van der Waals surface area (Å²) in [6.07, 6.45) is 0.769. The molecule has 0 amide bonds. The molecule has 0 aromatic heterocycles. The summed E-state index contributed by atoms with van der Waals surface area (Å²) in [5.74, 6) is 0. The molecule has 1 unspecified atom stereocenters. The number of halogens is 1. The second kappa shape index (κ2) is 3.40. The summed E-state index contributed by atoms with van der Waals surface area (Å²) in [4.78, 5) is 0. The van der Waals surface area contributed by atoms with Crippen molar-refractivity contribution in [3.05, 3.63) is 0 Å². The first kappa shape index (κ1) is 4.94. The lowest BCUT2D eigenvalue weighted by Crippen LogP contribution is -2.29. The molecular weight excluding hydrogens is 138 g/mol. The van der Waals surface area contributed by atoms with Crippen LogP contribution in [0, 0.1) is 0 Å². The lowest BCUT2D eigenvalue weighted by Gasteiger charge is -2.19. The molecule has 0 spiro atoms. The monoisotopic (exact) mass is 154 g/mol. The molecule has 1 saturated heterocycles. The molecule has 1 heterocycles. The molecule has 0 saturated carbocycles. The minimum Gasteiger partial charge on any atom is -0.377 e. The fourth-order valence-corrected chi connectivity index (χ4v) is 0.881. The minimum atomic E-state index is -2.26. The van der Waals surface area contributed by atoms with E-state index in [-0.39, 0.29) is 12.4 Å². The quantitative estimate of drug-likeness (QED) is 0.604. The summed E-state index contributed by atoms with van der Waals surface area (Å²) < 4.78 is 25.6. The molecule has 0 radical (unpaired) electrons. The van der Waals surface area contributed by atoms with E-state index in [0.717, 1.165) is 13.0 Å². The average molecular weight is 155 g/mol. The van der Waals surface area contributed by atoms with Gasteiger partial charge in [-0.15, -0.1) is 12.4 Å². The molecule has 1 fully saturated rings. The van der Waals surface area contributed by atoms with E-state index in [0.29, 0.717) is 6.54 Å². The number of nitrogens with one attached hydrogen (secondary N) is 1. The van der Waals surface area contributed by atoms with Crippen LogP contribution in [-0.4, -0.2) is 25.7 Å². The van der Waals surface area contributed by atoms with Gasteiger partial charge in [0.1, 0.15) is 0 Å². The van der Waals surface area contributed by atoms with Crippen molar-refractivity contribution in [3.8, 4) is 0 Å². The summed E-state index contributed by atoms with van der Waals surface area (Å²) in [5.41, 5.74) is -0.495. The fourth-order valence-electron chi connectivity index (χ4n) is 0.881. The van der Waals surface area contributed by atoms with Gasteiger partial charge in [0.15, 0.2) is 0 Å². The summed E-state index contributed by atoms with van der Waals surface area (Å²) in [7, 11) is -2.26. The maximum absolute atomic E-state index is 6.91. The first-order chi connectivity index (χ1) is 4.91. The Bertz CT molecular complexity index is 144. The molecular formula is C6H14ClNO. The lowest BCUT2D eigenvalue weighted by molar-refractivity contribution is 0.0242. The van der Waals surface area contributed by atoms with E-state index in [2.05, 4.69) is 5.32 Å². The van der Waals surface area contributed by atoms with Crippen molar-refractivity contribution in [2.45, 2.75) is 18.9 Å². The second-order valence-corrected chi connectivity index (χ2v) is 2.48. The zero-order valence-corrected chi connectivity index (χ0v) is 6.25. The zero-order valence-electron chi connectivity index (χ0n) is 8.44. The highest BCUT2D eigenvalue weighted by molar-refractivity contribution is 5.85. The van der Waals surface area contributed by atoms with E-state index in [1.165, 1.54) is 0 Å². The summed E-state index contributed by atoms with van der Waals surface area (Å²) >= 11 is 0. The van der Waals surface area contributed by atoms with E-state index in [1.54, 1.807) is 0 Å². The van der Waals surface area contributed by atoms with Gasteiger partial charge in [0.2, 0.25) is 0 Å². The van der Waals surface area contributed by atoms with Crippen molar-refractivity contribution in [2.24, 2.45) is 0 Å². The number of hydrogen-bond acceptors (Lipinski definition) is 2. The Labute approximate surface area is 66.6 Å². The van der Waals surface area contributed by atoms with Gasteiger partial charge in [-0.25, -0.2) is 0 Å². The average Bonchev–Trinajstić information content (AvgIpc) is 2.09. The number of methoxy groups -OCH3 is 1. The van der Waals surface area contributed by atoms with E-state index < -0.39 is 12.6 Å². The normalized spacial score (nSPS) is 40.3. The van der Waals surface area contributed by atoms with Crippen molar-refractivity contribution in [1.82, 2.24) is 5.32 Å². The van der Waals surface area contributed by atoms with Gasteiger partial charge < -0.3 is 10.1 Å². The summed E-state index contributed by atoms with van der Waals surface area (Å²) in [6, 6.07) is 0. The van der Waals surface area contributed by atoms with Crippen molar-refractivity contribution >= 4 is 12.4 Å². The van der Waals surface area contributed by atoms with Crippen LogP contribution in [0.2, 0.25) is 0 Å². The Kier molecular flexibility index (Phi) is 1.86. The van der Waals surface area contributed by atoms with Gasteiger partial charge in [-0.05, 0) is 19.9 Å². The van der Waals surface area contributed by atoms with Gasteiger partial charge in [0.05, 0.1) is 9.71 Å². The molecule has 1 N–H and O–H groups in total. The topological polar surface area (TPSA) is 21.3 Å². The molecule has 1 rings (SSSR count). The van der Waals surface area contributed by atoms with Crippen LogP contribution in [0.3, 0.4) is 0 Å². The Morgan fingerprint density at radius 3 is 3.00 bits per heavy atom. The van der Waals surface area contributed by atoms with Crippen molar-refractivity contribution in [2.75, 3.05) is 20.1 Å². The molecule has 0 aromatic carbocycles. The van der Waals surface area contributed by atoms with Crippen LogP contribution in [0.5, 0.6) is 0 Å². The standard InChI is InChI=1S/C6H13NO.ClH/c1-6(8-2)3-4-7-5-6;/h7H,3-5H2,1-2H3;1H/i2D3;. The predicted octanol–water partition coefficient (Wildman–Crippen LogP) is 0.807. The highest BCUT2D eigenvalue weighted by atomic mass is 35.5. The fraction of sp³-hybridized carbons (Fsp3) is 1.00. The Morgan fingerprint density at radius 1 is 1.78 bits per heavy atom. The first-order valence-corrected chi connectivity index (χ1v) is 2.82. The molecule has 3 heteroatoms. The van der Waals surface area contributed by atoms with Crippen LogP contribution in [-0.2, 0) is 4.74 Å². The largest absolute Gasteiger partial charge is 0.377 e. The number of hydrogen-bond donors (Lipinski definition) is 1. The highest BCUT2D eigenvalue weighted by Crippen LogP contribution is 2.16. The first-order valence-electron chi connectivity index (χ1n) is 4.32. The molecule has 1 aliphatic rings. The SMILES string of the molecule is Cl.[2H]C([2H])([2H])OC1(C)CCNC1. The molecule has 0 aliphatic carbocycles. The van der Waals surface area contributed by atoms with Crippen LogP contribution in [0.15, 0.2) is 0 Å². The van der Waals surface area contributed by atoms with Crippen LogP contribution in [0.1, 0.15) is 17.5 Å². The molecule has 1 aliphatic heterocycles. The Hall–Kier alpha value is 0.210. The molecule has 0 bridgehead atoms. The van der Waals surface area contributed by atoms with Gasteiger partial charge in [-0.3, -0.25) is 0 Å². The van der Waals surface area contributed by atoms with Gasteiger partial charge in [-0.2, -0.15) is 0 Å². The van der Waals surface area contributed by atoms with Crippen molar-refractivity contribution in [3.63, 3.8) is 0 Å². The van der Waals surface area contributed by atoms with Gasteiger partial charge >= 0.3 is 0 Å². The third-order valence-corrected chi connectivity index (χ3v) is 1.58. The molecule has 0 aromatic rings. The number of ether oxygens (including phenoxy) is 1. The smallest absolute Gasteiger partial charge is 0.0786 e.